The number of benzene rings is 3. The zero-order valence-corrected chi connectivity index (χ0v) is 12.1. The molecule has 0 N–H and O–H groups in total. The molecule has 0 atom stereocenters. The van der Waals surface area contributed by atoms with E-state index in [1.54, 1.807) is 6.21 Å². The predicted octanol–water partition coefficient (Wildman–Crippen LogP) is 4.56. The largest absolute Gasteiger partial charge is 0.158 e. The van der Waals surface area contributed by atoms with E-state index in [2.05, 4.69) is 10.2 Å². The quantitative estimate of drug-likeness (QED) is 0.496. The number of rotatable bonds is 4. The minimum absolute atomic E-state index is 0.869. The molecule has 0 fully saturated rings. The first kappa shape index (κ1) is 14.0. The smallest absolute Gasteiger partial charge is 0.100 e. The maximum atomic E-state index is 4.45. The van der Waals surface area contributed by atoms with Crippen LogP contribution in [0.15, 0.2) is 101 Å². The lowest BCUT2D eigenvalue weighted by molar-refractivity contribution is 1.24. The summed E-state index contributed by atoms with van der Waals surface area (Å²) in [7, 11) is 0. The molecule has 2 nitrogen and oxygen atoms in total. The molecule has 3 rings (SSSR count). The second-order valence-electron chi connectivity index (χ2n) is 4.84. The second kappa shape index (κ2) is 7.14. The van der Waals surface area contributed by atoms with E-state index in [-0.39, 0.29) is 0 Å². The summed E-state index contributed by atoms with van der Waals surface area (Å²) in [6, 6.07) is 30.2. The lowest BCUT2D eigenvalue weighted by atomic mass is 10.0. The fraction of sp³-hybridized carbons (Fsp3) is 0. The van der Waals surface area contributed by atoms with Gasteiger partial charge in [0.1, 0.15) is 5.71 Å². The van der Waals surface area contributed by atoms with Crippen molar-refractivity contribution in [1.82, 2.24) is 0 Å². The van der Waals surface area contributed by atoms with Crippen molar-refractivity contribution in [2.45, 2.75) is 0 Å². The minimum atomic E-state index is 0.869. The van der Waals surface area contributed by atoms with E-state index in [1.807, 2.05) is 91.0 Å². The summed E-state index contributed by atoms with van der Waals surface area (Å²) >= 11 is 0. The van der Waals surface area contributed by atoms with Gasteiger partial charge in [-0.2, -0.15) is 5.10 Å². The van der Waals surface area contributed by atoms with Gasteiger partial charge in [-0.15, -0.1) is 5.10 Å². The Morgan fingerprint density at radius 2 is 1.05 bits per heavy atom. The van der Waals surface area contributed by atoms with Crippen molar-refractivity contribution in [3.05, 3.63) is 108 Å². The van der Waals surface area contributed by atoms with Gasteiger partial charge in [0.15, 0.2) is 0 Å². The van der Waals surface area contributed by atoms with Crippen LogP contribution in [0.25, 0.3) is 0 Å². The van der Waals surface area contributed by atoms with E-state index in [4.69, 9.17) is 0 Å². The molecule has 0 unspecified atom stereocenters. The summed E-state index contributed by atoms with van der Waals surface area (Å²) in [5, 5.41) is 8.70. The zero-order valence-electron chi connectivity index (χ0n) is 12.1. The van der Waals surface area contributed by atoms with Crippen molar-refractivity contribution in [2.24, 2.45) is 10.2 Å². The summed E-state index contributed by atoms with van der Waals surface area (Å²) in [6.07, 6.45) is 1.77. The Hall–Kier alpha value is -3.00. The summed E-state index contributed by atoms with van der Waals surface area (Å²) in [4.78, 5) is 0. The molecule has 0 spiro atoms. The molecule has 0 saturated heterocycles. The van der Waals surface area contributed by atoms with Crippen LogP contribution in [0.2, 0.25) is 0 Å². The van der Waals surface area contributed by atoms with Gasteiger partial charge in [-0.1, -0.05) is 91.0 Å². The van der Waals surface area contributed by atoms with Crippen molar-refractivity contribution in [2.75, 3.05) is 0 Å². The van der Waals surface area contributed by atoms with Crippen LogP contribution in [0.4, 0.5) is 0 Å². The van der Waals surface area contributed by atoms with E-state index in [0.717, 1.165) is 22.4 Å². The minimum Gasteiger partial charge on any atom is -0.158 e. The fourth-order valence-corrected chi connectivity index (χ4v) is 2.17. The molecule has 0 aliphatic rings. The second-order valence-corrected chi connectivity index (χ2v) is 4.84. The molecule has 3 aromatic carbocycles. The molecule has 0 amide bonds. The van der Waals surface area contributed by atoms with Crippen LogP contribution in [-0.4, -0.2) is 11.9 Å². The predicted molar refractivity (Wildman–Crippen MR) is 92.6 cm³/mol. The van der Waals surface area contributed by atoms with Gasteiger partial charge in [-0.3, -0.25) is 0 Å². The molecular formula is C20H16N2. The molecule has 0 radical (unpaired) electrons. The van der Waals surface area contributed by atoms with Crippen molar-refractivity contribution >= 4 is 11.9 Å². The highest BCUT2D eigenvalue weighted by Crippen LogP contribution is 2.11. The highest BCUT2D eigenvalue weighted by atomic mass is 15.2. The number of hydrogen-bond acceptors (Lipinski definition) is 2. The summed E-state index contributed by atoms with van der Waals surface area (Å²) < 4.78 is 0. The first-order chi connectivity index (χ1) is 10.9. The molecule has 22 heavy (non-hydrogen) atoms. The Bertz CT molecular complexity index is 719. The van der Waals surface area contributed by atoms with Gasteiger partial charge < -0.3 is 0 Å². The van der Waals surface area contributed by atoms with Crippen LogP contribution >= 0.6 is 0 Å². The summed E-state index contributed by atoms with van der Waals surface area (Å²) in [5.41, 5.74) is 4.01. The Morgan fingerprint density at radius 1 is 0.591 bits per heavy atom. The molecule has 2 heteroatoms. The molecule has 0 aliphatic carbocycles. The monoisotopic (exact) mass is 284 g/mol. The van der Waals surface area contributed by atoms with Gasteiger partial charge >= 0.3 is 0 Å². The fourth-order valence-electron chi connectivity index (χ4n) is 2.17. The van der Waals surface area contributed by atoms with Crippen LogP contribution < -0.4 is 0 Å². The molecular weight excluding hydrogens is 268 g/mol. The first-order valence-corrected chi connectivity index (χ1v) is 7.20. The van der Waals surface area contributed by atoms with Crippen molar-refractivity contribution in [1.29, 1.82) is 0 Å². The first-order valence-electron chi connectivity index (χ1n) is 7.20. The van der Waals surface area contributed by atoms with Crippen LogP contribution in [-0.2, 0) is 0 Å². The Labute approximate surface area is 130 Å². The average molecular weight is 284 g/mol. The zero-order chi connectivity index (χ0) is 15.0. The number of hydrogen-bond donors (Lipinski definition) is 0. The Balaban J connectivity index is 1.96. The van der Waals surface area contributed by atoms with Gasteiger partial charge in [0.25, 0.3) is 0 Å². The lowest BCUT2D eigenvalue weighted by Gasteiger charge is -2.04. The molecule has 0 saturated carbocycles. The van der Waals surface area contributed by atoms with Crippen molar-refractivity contribution in [3.63, 3.8) is 0 Å². The van der Waals surface area contributed by atoms with E-state index >= 15 is 0 Å². The van der Waals surface area contributed by atoms with E-state index in [1.165, 1.54) is 0 Å². The van der Waals surface area contributed by atoms with Crippen molar-refractivity contribution in [3.8, 4) is 0 Å². The molecule has 3 aromatic rings. The molecule has 0 aromatic heterocycles. The van der Waals surface area contributed by atoms with E-state index in [0.29, 0.717) is 0 Å². The van der Waals surface area contributed by atoms with Crippen LogP contribution in [0.1, 0.15) is 16.7 Å². The Morgan fingerprint density at radius 3 is 1.55 bits per heavy atom. The summed E-state index contributed by atoms with van der Waals surface area (Å²) in [5.74, 6) is 0. The van der Waals surface area contributed by atoms with Gasteiger partial charge in [-0.05, 0) is 5.56 Å². The topological polar surface area (TPSA) is 24.7 Å². The third-order valence-electron chi connectivity index (χ3n) is 3.26. The van der Waals surface area contributed by atoms with Gasteiger partial charge in [0.2, 0.25) is 0 Å². The maximum Gasteiger partial charge on any atom is 0.100 e. The average Bonchev–Trinajstić information content (AvgIpc) is 2.61. The number of nitrogens with zero attached hydrogens (tertiary/aromatic N) is 2. The molecule has 0 heterocycles. The molecule has 0 aliphatic heterocycles. The van der Waals surface area contributed by atoms with Crippen LogP contribution in [0.3, 0.4) is 0 Å². The highest BCUT2D eigenvalue weighted by molar-refractivity contribution is 6.12. The third kappa shape index (κ3) is 3.55. The molecule has 0 bridgehead atoms. The van der Waals surface area contributed by atoms with Gasteiger partial charge in [0, 0.05) is 11.1 Å². The normalized spacial score (nSPS) is 10.5. The summed E-state index contributed by atoms with van der Waals surface area (Å²) in [6.45, 7) is 0. The van der Waals surface area contributed by atoms with Crippen LogP contribution in [0.5, 0.6) is 0 Å². The third-order valence-corrected chi connectivity index (χ3v) is 3.26. The molecule has 106 valence electrons. The van der Waals surface area contributed by atoms with Gasteiger partial charge in [0.05, 0.1) is 6.21 Å². The van der Waals surface area contributed by atoms with Crippen molar-refractivity contribution < 1.29 is 0 Å². The maximum absolute atomic E-state index is 4.45. The highest BCUT2D eigenvalue weighted by Gasteiger charge is 2.05. The van der Waals surface area contributed by atoms with E-state index < -0.39 is 0 Å². The Kier molecular flexibility index (Phi) is 4.53. The van der Waals surface area contributed by atoms with Gasteiger partial charge in [-0.25, -0.2) is 0 Å². The SMILES string of the molecule is C(=N\N=C(c1ccccc1)c1ccccc1)/c1ccccc1. The lowest BCUT2D eigenvalue weighted by Crippen LogP contribution is -2.02. The van der Waals surface area contributed by atoms with Crippen LogP contribution in [0, 0.1) is 0 Å². The van der Waals surface area contributed by atoms with E-state index in [9.17, 15) is 0 Å². The standard InChI is InChI=1S/C20H16N2/c1-4-10-17(11-5-1)16-21-22-20(18-12-6-2-7-13-18)19-14-8-3-9-15-19/h1-16H/b21-16+.